The van der Waals surface area contributed by atoms with Gasteiger partial charge in [-0.1, -0.05) is 39.8 Å². The Bertz CT molecular complexity index is 754. The predicted molar refractivity (Wildman–Crippen MR) is 97.0 cm³/mol. The summed E-state index contributed by atoms with van der Waals surface area (Å²) in [5, 5.41) is 7.99. The zero-order valence-corrected chi connectivity index (χ0v) is 15.3. The van der Waals surface area contributed by atoms with Gasteiger partial charge in [-0.3, -0.25) is 4.79 Å². The Kier molecular flexibility index (Phi) is 4.48. The molecule has 0 saturated heterocycles. The number of benzene rings is 1. The lowest BCUT2D eigenvalue weighted by Gasteiger charge is -2.13. The fourth-order valence-corrected chi connectivity index (χ4v) is 3.06. The Morgan fingerprint density at radius 3 is 2.46 bits per heavy atom. The second-order valence-corrected chi connectivity index (χ2v) is 7.45. The first kappa shape index (κ1) is 16.7. The second kappa shape index (κ2) is 6.42. The largest absolute Gasteiger partial charge is 0.349 e. The van der Waals surface area contributed by atoms with Gasteiger partial charge in [0.15, 0.2) is 0 Å². The molecule has 4 nitrogen and oxygen atoms in total. The quantitative estimate of drug-likeness (QED) is 0.890. The van der Waals surface area contributed by atoms with E-state index in [1.807, 2.05) is 10.7 Å². The van der Waals surface area contributed by atoms with Crippen LogP contribution in [0.1, 0.15) is 79.7 Å². The Balaban J connectivity index is 2.16. The lowest BCUT2D eigenvalue weighted by atomic mass is 9.98. The molecule has 0 bridgehead atoms. The van der Waals surface area contributed by atoms with Gasteiger partial charge < -0.3 is 5.32 Å². The second-order valence-electron chi connectivity index (χ2n) is 7.45. The normalized spacial score (nSPS) is 14.5. The van der Waals surface area contributed by atoms with Crippen LogP contribution < -0.4 is 5.32 Å². The molecule has 1 aliphatic carbocycles. The third kappa shape index (κ3) is 3.23. The van der Waals surface area contributed by atoms with Gasteiger partial charge in [0, 0.05) is 6.04 Å². The Morgan fingerprint density at radius 1 is 1.21 bits per heavy atom. The van der Waals surface area contributed by atoms with Crippen LogP contribution in [-0.4, -0.2) is 21.7 Å². The molecule has 0 aliphatic heterocycles. The topological polar surface area (TPSA) is 46.9 Å². The summed E-state index contributed by atoms with van der Waals surface area (Å²) in [5.74, 6) is 0.447. The zero-order valence-electron chi connectivity index (χ0n) is 15.3. The highest BCUT2D eigenvalue weighted by Crippen LogP contribution is 2.31. The molecule has 0 atom stereocenters. The summed E-state index contributed by atoms with van der Waals surface area (Å²) in [5.41, 5.74) is 4.87. The summed E-state index contributed by atoms with van der Waals surface area (Å²) in [6.07, 6.45) is 2.18. The molecule has 24 heavy (non-hydrogen) atoms. The molecule has 1 saturated carbocycles. The summed E-state index contributed by atoms with van der Waals surface area (Å²) in [4.78, 5) is 12.9. The number of rotatable bonds is 5. The van der Waals surface area contributed by atoms with Crippen LogP contribution in [0.5, 0.6) is 0 Å². The van der Waals surface area contributed by atoms with Crippen molar-refractivity contribution < 1.29 is 4.79 Å². The summed E-state index contributed by atoms with van der Waals surface area (Å²) < 4.78 is 1.97. The fraction of sp³-hybridized carbons (Fsp3) is 0.500. The molecule has 1 aromatic heterocycles. The minimum Gasteiger partial charge on any atom is -0.349 e. The third-order valence-electron chi connectivity index (χ3n) is 4.43. The van der Waals surface area contributed by atoms with Gasteiger partial charge in [-0.25, -0.2) is 4.68 Å². The molecule has 0 radical (unpaired) electrons. The Hall–Kier alpha value is -2.10. The van der Waals surface area contributed by atoms with Crippen molar-refractivity contribution in [2.24, 2.45) is 0 Å². The van der Waals surface area contributed by atoms with Crippen molar-refractivity contribution >= 4 is 5.91 Å². The van der Waals surface area contributed by atoms with Gasteiger partial charge in [0.2, 0.25) is 0 Å². The van der Waals surface area contributed by atoms with E-state index in [1.165, 1.54) is 5.56 Å². The van der Waals surface area contributed by atoms with E-state index in [4.69, 9.17) is 5.10 Å². The van der Waals surface area contributed by atoms with Crippen LogP contribution in [0.25, 0.3) is 5.69 Å². The predicted octanol–water partition coefficient (Wildman–Crippen LogP) is 4.32. The fourth-order valence-electron chi connectivity index (χ4n) is 3.06. The molecule has 1 aromatic carbocycles. The van der Waals surface area contributed by atoms with Crippen molar-refractivity contribution in [3.63, 3.8) is 0 Å². The van der Waals surface area contributed by atoms with Crippen LogP contribution >= 0.6 is 0 Å². The minimum absolute atomic E-state index is 0.0313. The number of aryl methyl sites for hydroxylation is 1. The maximum atomic E-state index is 12.9. The lowest BCUT2D eigenvalue weighted by molar-refractivity contribution is 0.0948. The average Bonchev–Trinajstić information content (AvgIpc) is 3.22. The molecule has 128 valence electrons. The van der Waals surface area contributed by atoms with Gasteiger partial charge in [-0.2, -0.15) is 5.10 Å². The van der Waals surface area contributed by atoms with Crippen LogP contribution in [0.3, 0.4) is 0 Å². The Morgan fingerprint density at radius 2 is 1.92 bits per heavy atom. The van der Waals surface area contributed by atoms with Gasteiger partial charge >= 0.3 is 0 Å². The van der Waals surface area contributed by atoms with Crippen molar-refractivity contribution in [3.8, 4) is 5.69 Å². The van der Waals surface area contributed by atoms with Gasteiger partial charge in [0.05, 0.1) is 22.6 Å². The zero-order chi connectivity index (χ0) is 17.4. The van der Waals surface area contributed by atoms with Gasteiger partial charge in [-0.15, -0.1) is 0 Å². The first-order valence-electron chi connectivity index (χ1n) is 8.89. The first-order valence-corrected chi connectivity index (χ1v) is 8.89. The smallest absolute Gasteiger partial charge is 0.255 e. The molecule has 3 rings (SSSR count). The third-order valence-corrected chi connectivity index (χ3v) is 4.43. The monoisotopic (exact) mass is 325 g/mol. The van der Waals surface area contributed by atoms with Crippen molar-refractivity contribution in [1.29, 1.82) is 0 Å². The molecule has 1 N–H and O–H groups in total. The highest BCUT2D eigenvalue weighted by molar-refractivity contribution is 5.97. The van der Waals surface area contributed by atoms with E-state index in [1.54, 1.807) is 0 Å². The molecule has 4 heteroatoms. The van der Waals surface area contributed by atoms with Gasteiger partial charge in [0.25, 0.3) is 5.91 Å². The van der Waals surface area contributed by atoms with E-state index >= 15 is 0 Å². The molecule has 2 aromatic rings. The number of amides is 1. The maximum absolute atomic E-state index is 12.9. The lowest BCUT2D eigenvalue weighted by Crippen LogP contribution is -2.27. The van der Waals surface area contributed by atoms with E-state index in [0.717, 1.165) is 35.5 Å². The van der Waals surface area contributed by atoms with Crippen molar-refractivity contribution in [3.05, 3.63) is 46.8 Å². The van der Waals surface area contributed by atoms with Crippen LogP contribution in [0, 0.1) is 6.92 Å². The van der Waals surface area contributed by atoms with Crippen LogP contribution in [0.4, 0.5) is 0 Å². The van der Waals surface area contributed by atoms with Crippen LogP contribution in [0.15, 0.2) is 24.3 Å². The first-order chi connectivity index (χ1) is 11.4. The molecule has 1 heterocycles. The summed E-state index contributed by atoms with van der Waals surface area (Å²) in [6.45, 7) is 10.5. The van der Waals surface area contributed by atoms with E-state index in [2.05, 4.69) is 58.1 Å². The van der Waals surface area contributed by atoms with E-state index < -0.39 is 0 Å². The van der Waals surface area contributed by atoms with Crippen LogP contribution in [0.2, 0.25) is 0 Å². The molecule has 1 aliphatic rings. The average molecular weight is 325 g/mol. The van der Waals surface area contributed by atoms with Gasteiger partial charge in [-0.05, 0) is 49.3 Å². The summed E-state index contributed by atoms with van der Waals surface area (Å²) in [6, 6.07) is 8.63. The molecular formula is C20H27N3O. The number of nitrogens with one attached hydrogen (secondary N) is 1. The molecular weight excluding hydrogens is 298 g/mol. The minimum atomic E-state index is 0.0313. The number of carbonyl (C=O) groups is 1. The van der Waals surface area contributed by atoms with Crippen molar-refractivity contribution in [2.75, 3.05) is 0 Å². The van der Waals surface area contributed by atoms with E-state index in [9.17, 15) is 4.79 Å². The highest BCUT2D eigenvalue weighted by Gasteiger charge is 2.31. The molecule has 0 spiro atoms. The molecule has 1 fully saturated rings. The SMILES string of the molecule is Cc1cccc(-n2nc(C(C)C)c(C(=O)NC3CC3)c2C(C)C)c1. The number of aromatic nitrogens is 2. The molecule has 1 amide bonds. The number of nitrogens with zero attached hydrogens (tertiary/aromatic N) is 2. The standard InChI is InChI=1S/C20H27N3O/c1-12(2)18-17(20(24)21-15-9-10-15)19(13(3)4)23(22-18)16-8-6-7-14(5)11-16/h6-8,11-13,15H,9-10H2,1-5H3,(H,21,24). The maximum Gasteiger partial charge on any atom is 0.255 e. The van der Waals surface area contributed by atoms with Crippen molar-refractivity contribution in [2.45, 2.75) is 65.3 Å². The van der Waals surface area contributed by atoms with E-state index in [0.29, 0.717) is 6.04 Å². The summed E-state index contributed by atoms with van der Waals surface area (Å²) >= 11 is 0. The highest BCUT2D eigenvalue weighted by atomic mass is 16.1. The number of hydrogen-bond donors (Lipinski definition) is 1. The summed E-state index contributed by atoms with van der Waals surface area (Å²) in [7, 11) is 0. The number of hydrogen-bond acceptors (Lipinski definition) is 2. The number of carbonyl (C=O) groups excluding carboxylic acids is 1. The van der Waals surface area contributed by atoms with Crippen LogP contribution in [-0.2, 0) is 0 Å². The molecule has 0 unspecified atom stereocenters. The van der Waals surface area contributed by atoms with Gasteiger partial charge in [0.1, 0.15) is 0 Å². The Labute approximate surface area is 144 Å². The van der Waals surface area contributed by atoms with Crippen molar-refractivity contribution in [1.82, 2.24) is 15.1 Å². The van der Waals surface area contributed by atoms with E-state index in [-0.39, 0.29) is 17.7 Å².